The summed E-state index contributed by atoms with van der Waals surface area (Å²) >= 11 is 0. The zero-order valence-corrected chi connectivity index (χ0v) is 13.1. The number of hydrogen-bond donors (Lipinski definition) is 0. The first-order chi connectivity index (χ1) is 10.6. The highest BCUT2D eigenvalue weighted by Gasteiger charge is 2.52. The number of carbonyl (C=O) groups excluding carboxylic acids is 1. The van der Waals surface area contributed by atoms with Crippen molar-refractivity contribution in [1.82, 2.24) is 0 Å². The summed E-state index contributed by atoms with van der Waals surface area (Å²) in [6.45, 7) is 1.40. The van der Waals surface area contributed by atoms with Crippen LogP contribution < -0.4 is 0 Å². The topological polar surface area (TPSA) is 60.4 Å². The molecule has 0 saturated carbocycles. The van der Waals surface area contributed by atoms with E-state index in [9.17, 15) is 26.4 Å². The van der Waals surface area contributed by atoms with E-state index in [0.29, 0.717) is 5.56 Å². The van der Waals surface area contributed by atoms with Crippen LogP contribution >= 0.6 is 0 Å². The summed E-state index contributed by atoms with van der Waals surface area (Å²) in [7, 11) is -5.80. The van der Waals surface area contributed by atoms with Gasteiger partial charge in [0.2, 0.25) is 0 Å². The third-order valence-corrected chi connectivity index (χ3v) is 4.71. The van der Waals surface area contributed by atoms with E-state index in [1.165, 1.54) is 13.0 Å². The molecule has 8 heteroatoms. The predicted molar refractivity (Wildman–Crippen MR) is 76.6 cm³/mol. The molecule has 2 rings (SSSR count). The minimum absolute atomic E-state index is 0.0614. The van der Waals surface area contributed by atoms with Gasteiger partial charge in [-0.2, -0.15) is 21.6 Å². The van der Waals surface area contributed by atoms with Crippen LogP contribution in [0.5, 0.6) is 0 Å². The fourth-order valence-corrected chi connectivity index (χ4v) is 3.04. The summed E-state index contributed by atoms with van der Waals surface area (Å²) in [5.74, 6) is -0.814. The predicted octanol–water partition coefficient (Wildman–Crippen LogP) is 3.35. The van der Waals surface area contributed by atoms with Crippen molar-refractivity contribution in [2.75, 3.05) is 0 Å². The van der Waals surface area contributed by atoms with E-state index >= 15 is 0 Å². The van der Waals surface area contributed by atoms with Crippen molar-refractivity contribution in [3.05, 3.63) is 47.7 Å². The van der Waals surface area contributed by atoms with Gasteiger partial charge in [-0.15, -0.1) is 0 Å². The number of allylic oxidation sites excluding steroid dienone is 2. The molecular formula is C15H15F3O4S. The number of carbonyl (C=O) groups is 1. The smallest absolute Gasteiger partial charge is 0.380 e. The summed E-state index contributed by atoms with van der Waals surface area (Å²) in [5, 5.41) is 0. The number of alkyl halides is 3. The zero-order chi connectivity index (χ0) is 17.3. The normalized spacial score (nSPS) is 22.6. The van der Waals surface area contributed by atoms with Gasteiger partial charge in [-0.1, -0.05) is 30.3 Å². The fourth-order valence-electron chi connectivity index (χ4n) is 2.45. The van der Waals surface area contributed by atoms with Crippen LogP contribution in [0.25, 0.3) is 0 Å². The highest BCUT2D eigenvalue weighted by Crippen LogP contribution is 2.41. The molecule has 1 aliphatic rings. The van der Waals surface area contributed by atoms with Gasteiger partial charge in [0.05, 0.1) is 5.41 Å². The minimum atomic E-state index is -5.80. The standard InChI is InChI=1S/C15H15F3O4S/c1-14(10-11-6-3-2-4-7-11)12(19)8-5-9-13(14)22-23(20,21)15(16,17)18/h2-4,6-7,9H,5,8,10H2,1H3. The molecule has 0 aromatic heterocycles. The van der Waals surface area contributed by atoms with Crippen molar-refractivity contribution < 1.29 is 30.6 Å². The molecule has 0 saturated heterocycles. The summed E-state index contributed by atoms with van der Waals surface area (Å²) in [6, 6.07) is 8.63. The van der Waals surface area contributed by atoms with Crippen LogP contribution in [0.3, 0.4) is 0 Å². The van der Waals surface area contributed by atoms with Crippen molar-refractivity contribution >= 4 is 15.9 Å². The Labute approximate surface area is 132 Å². The summed E-state index contributed by atoms with van der Waals surface area (Å²) in [4.78, 5) is 12.3. The van der Waals surface area contributed by atoms with Crippen LogP contribution in [0.2, 0.25) is 0 Å². The maximum absolute atomic E-state index is 12.5. The number of rotatable bonds is 4. The minimum Gasteiger partial charge on any atom is -0.380 e. The molecule has 0 fully saturated rings. The number of ketones is 1. The molecule has 1 aromatic carbocycles. The highest BCUT2D eigenvalue weighted by molar-refractivity contribution is 7.87. The van der Waals surface area contributed by atoms with Crippen molar-refractivity contribution in [2.45, 2.75) is 31.7 Å². The number of benzene rings is 1. The van der Waals surface area contributed by atoms with Gasteiger partial charge in [0.1, 0.15) is 11.5 Å². The van der Waals surface area contributed by atoms with Gasteiger partial charge in [-0.25, -0.2) is 0 Å². The second-order valence-corrected chi connectivity index (χ2v) is 7.05. The van der Waals surface area contributed by atoms with Gasteiger partial charge >= 0.3 is 15.6 Å². The molecule has 0 amide bonds. The Morgan fingerprint density at radius 1 is 1.22 bits per heavy atom. The van der Waals surface area contributed by atoms with Crippen molar-refractivity contribution in [1.29, 1.82) is 0 Å². The first-order valence-electron chi connectivity index (χ1n) is 6.85. The Morgan fingerprint density at radius 2 is 1.83 bits per heavy atom. The number of hydrogen-bond acceptors (Lipinski definition) is 4. The van der Waals surface area contributed by atoms with Gasteiger partial charge in [-0.3, -0.25) is 4.79 Å². The molecular weight excluding hydrogens is 333 g/mol. The average Bonchev–Trinajstić information content (AvgIpc) is 2.44. The van der Waals surface area contributed by atoms with Crippen molar-refractivity contribution in [2.24, 2.45) is 5.41 Å². The Kier molecular flexibility index (Phi) is 4.57. The van der Waals surface area contributed by atoms with Crippen LogP contribution in [-0.2, 0) is 25.5 Å². The van der Waals surface area contributed by atoms with Crippen LogP contribution in [0, 0.1) is 5.41 Å². The summed E-state index contributed by atoms with van der Waals surface area (Å²) in [5.41, 5.74) is -6.29. The average molecular weight is 348 g/mol. The van der Waals surface area contributed by atoms with Crippen LogP contribution in [0.4, 0.5) is 13.2 Å². The lowest BCUT2D eigenvalue weighted by Gasteiger charge is -2.33. The molecule has 1 aromatic rings. The van der Waals surface area contributed by atoms with E-state index in [0.717, 1.165) is 0 Å². The van der Waals surface area contributed by atoms with E-state index < -0.39 is 26.8 Å². The molecule has 0 N–H and O–H groups in total. The second kappa shape index (κ2) is 5.99. The first-order valence-corrected chi connectivity index (χ1v) is 8.26. The SMILES string of the molecule is CC1(Cc2ccccc2)C(=O)CCC=C1OS(=O)(=O)C(F)(F)F. The molecule has 0 bridgehead atoms. The Hall–Kier alpha value is -1.83. The third-order valence-electron chi connectivity index (χ3n) is 3.74. The van der Waals surface area contributed by atoms with E-state index in [-0.39, 0.29) is 25.0 Å². The lowest BCUT2D eigenvalue weighted by molar-refractivity contribution is -0.128. The van der Waals surface area contributed by atoms with E-state index in [1.54, 1.807) is 30.3 Å². The lowest BCUT2D eigenvalue weighted by atomic mass is 9.73. The maximum atomic E-state index is 12.5. The molecule has 0 spiro atoms. The van der Waals surface area contributed by atoms with Gasteiger partial charge in [0, 0.05) is 6.42 Å². The molecule has 0 radical (unpaired) electrons. The number of halogens is 3. The molecule has 126 valence electrons. The molecule has 0 aliphatic heterocycles. The molecule has 1 atom stereocenters. The molecule has 23 heavy (non-hydrogen) atoms. The fraction of sp³-hybridized carbons (Fsp3) is 0.400. The Morgan fingerprint density at radius 3 is 2.39 bits per heavy atom. The largest absolute Gasteiger partial charge is 0.534 e. The summed E-state index contributed by atoms with van der Waals surface area (Å²) < 4.78 is 64.4. The lowest BCUT2D eigenvalue weighted by Crippen LogP contribution is -2.38. The quantitative estimate of drug-likeness (QED) is 0.618. The van der Waals surface area contributed by atoms with Crippen molar-refractivity contribution in [3.8, 4) is 0 Å². The summed E-state index contributed by atoms with van der Waals surface area (Å²) in [6.07, 6.45) is 1.58. The van der Waals surface area contributed by atoms with E-state index in [2.05, 4.69) is 4.18 Å². The molecule has 4 nitrogen and oxygen atoms in total. The molecule has 0 heterocycles. The molecule has 1 unspecified atom stereocenters. The van der Waals surface area contributed by atoms with E-state index in [4.69, 9.17) is 0 Å². The van der Waals surface area contributed by atoms with Gasteiger partial charge in [-0.05, 0) is 31.4 Å². The second-order valence-electron chi connectivity index (χ2n) is 5.51. The monoisotopic (exact) mass is 348 g/mol. The van der Waals surface area contributed by atoms with Gasteiger partial charge in [0.25, 0.3) is 0 Å². The van der Waals surface area contributed by atoms with Crippen LogP contribution in [0.15, 0.2) is 42.2 Å². The highest BCUT2D eigenvalue weighted by atomic mass is 32.2. The Bertz CT molecular complexity index is 723. The van der Waals surface area contributed by atoms with Crippen molar-refractivity contribution in [3.63, 3.8) is 0 Å². The van der Waals surface area contributed by atoms with Crippen LogP contribution in [-0.4, -0.2) is 19.7 Å². The van der Waals surface area contributed by atoms with Gasteiger partial charge < -0.3 is 4.18 Å². The van der Waals surface area contributed by atoms with E-state index in [1.807, 2.05) is 0 Å². The third kappa shape index (κ3) is 3.57. The molecule has 1 aliphatic carbocycles. The zero-order valence-electron chi connectivity index (χ0n) is 12.3. The first kappa shape index (κ1) is 17.5. The maximum Gasteiger partial charge on any atom is 0.534 e. The van der Waals surface area contributed by atoms with Gasteiger partial charge in [0.15, 0.2) is 0 Å². The van der Waals surface area contributed by atoms with Crippen LogP contribution in [0.1, 0.15) is 25.3 Å². The Balaban J connectivity index is 2.37. The number of Topliss-reactive ketones (excluding diaryl/α,β-unsaturated/α-hetero) is 1.